The average molecular weight is 571 g/mol. The molecule has 3 saturated heterocycles. The summed E-state index contributed by atoms with van der Waals surface area (Å²) >= 11 is 0. The molecule has 4 aliphatic rings. The third-order valence-electron chi connectivity index (χ3n) is 9.62. The van der Waals surface area contributed by atoms with Gasteiger partial charge in [0.1, 0.15) is 5.75 Å². The van der Waals surface area contributed by atoms with Crippen LogP contribution in [0.25, 0.3) is 6.08 Å². The fourth-order valence-electron chi connectivity index (χ4n) is 7.67. The molecule has 1 N–H and O–H groups in total. The number of hydrogen-bond acceptors (Lipinski definition) is 6. The van der Waals surface area contributed by atoms with E-state index in [1.807, 2.05) is 18.2 Å². The number of benzene rings is 2. The number of likely N-dealkylation sites (tertiary alicyclic amines) is 2. The normalized spacial score (nSPS) is 27.1. The van der Waals surface area contributed by atoms with Crippen LogP contribution >= 0.6 is 0 Å². The van der Waals surface area contributed by atoms with Gasteiger partial charge in [-0.2, -0.15) is 0 Å². The minimum Gasteiger partial charge on any atom is -0.508 e. The molecule has 0 aromatic heterocycles. The van der Waals surface area contributed by atoms with Crippen molar-refractivity contribution in [3.8, 4) is 5.75 Å². The quantitative estimate of drug-likeness (QED) is 0.330. The van der Waals surface area contributed by atoms with E-state index in [2.05, 4.69) is 42.2 Å². The van der Waals surface area contributed by atoms with Crippen LogP contribution in [0.3, 0.4) is 0 Å². The van der Waals surface area contributed by atoms with Crippen molar-refractivity contribution in [2.24, 2.45) is 17.8 Å². The number of carbonyl (C=O) groups excluding carboxylic acids is 2. The summed E-state index contributed by atoms with van der Waals surface area (Å²) < 4.78 is 12.0. The first-order valence-corrected chi connectivity index (χ1v) is 15.3. The maximum absolute atomic E-state index is 14.0. The largest absolute Gasteiger partial charge is 0.508 e. The molecular formula is C35H42N2O5. The lowest BCUT2D eigenvalue weighted by Gasteiger charge is -2.36. The van der Waals surface area contributed by atoms with Crippen LogP contribution in [0, 0.1) is 17.8 Å². The number of carbonyl (C=O) groups is 2. The molecule has 0 saturated carbocycles. The number of aromatic hydroxyl groups is 1. The van der Waals surface area contributed by atoms with Crippen molar-refractivity contribution in [3.63, 3.8) is 0 Å². The van der Waals surface area contributed by atoms with Gasteiger partial charge in [0.25, 0.3) is 0 Å². The fraction of sp³-hybridized carbons (Fsp3) is 0.486. The Bertz CT molecular complexity index is 1360. The number of phenolic OH excluding ortho intramolecular Hbond substituents is 1. The van der Waals surface area contributed by atoms with E-state index in [0.29, 0.717) is 19.6 Å². The number of allylic oxidation sites excluding steroid dienone is 1. The van der Waals surface area contributed by atoms with Crippen LogP contribution in [0.5, 0.6) is 5.75 Å². The van der Waals surface area contributed by atoms with Gasteiger partial charge in [-0.15, -0.1) is 0 Å². The lowest BCUT2D eigenvalue weighted by Crippen LogP contribution is -2.47. The van der Waals surface area contributed by atoms with Crippen LogP contribution in [-0.4, -0.2) is 72.3 Å². The van der Waals surface area contributed by atoms with Gasteiger partial charge in [-0.1, -0.05) is 54.1 Å². The fourth-order valence-corrected chi connectivity index (χ4v) is 7.67. The number of fused-ring (bicyclic) bond motifs is 3. The number of amides is 2. The van der Waals surface area contributed by atoms with Crippen molar-refractivity contribution in [1.82, 2.24) is 9.80 Å². The predicted octanol–water partition coefficient (Wildman–Crippen LogP) is 5.20. The summed E-state index contributed by atoms with van der Waals surface area (Å²) in [6, 6.07) is 17.7. The number of ether oxygens (including phenoxy) is 2. The first-order chi connectivity index (χ1) is 20.4. The molecule has 3 fully saturated rings. The number of hydrogen-bond donors (Lipinski definition) is 1. The molecule has 3 aliphatic heterocycles. The Labute approximate surface area is 248 Å². The van der Waals surface area contributed by atoms with E-state index in [1.54, 1.807) is 24.1 Å². The predicted molar refractivity (Wildman–Crippen MR) is 161 cm³/mol. The van der Waals surface area contributed by atoms with Crippen molar-refractivity contribution in [2.45, 2.75) is 57.7 Å². The summed E-state index contributed by atoms with van der Waals surface area (Å²) in [4.78, 5) is 31.9. The topological polar surface area (TPSA) is 79.3 Å². The third kappa shape index (κ3) is 5.83. The SMILES string of the molecule is COCC1=C2[C@@H](CC/C(C)=C/c3cccc(O)c3)OC[C@@H]2[C@@H]2C(=O)N(C3CCN(Cc4ccccc4)CC3)C(=O)[C@@H]2C1. The zero-order chi connectivity index (χ0) is 29.2. The molecule has 222 valence electrons. The Morgan fingerprint density at radius 2 is 1.83 bits per heavy atom. The van der Waals surface area contributed by atoms with Gasteiger partial charge in [-0.3, -0.25) is 19.4 Å². The van der Waals surface area contributed by atoms with Gasteiger partial charge in [0.2, 0.25) is 11.8 Å². The lowest BCUT2D eigenvalue weighted by molar-refractivity contribution is -0.144. The highest BCUT2D eigenvalue weighted by Crippen LogP contribution is 2.50. The first kappa shape index (κ1) is 28.8. The second kappa shape index (κ2) is 12.5. The Morgan fingerprint density at radius 1 is 1.05 bits per heavy atom. The van der Waals surface area contributed by atoms with E-state index in [1.165, 1.54) is 16.7 Å². The summed E-state index contributed by atoms with van der Waals surface area (Å²) in [5.41, 5.74) is 5.80. The van der Waals surface area contributed by atoms with Gasteiger partial charge in [-0.25, -0.2) is 0 Å². The van der Waals surface area contributed by atoms with Crippen molar-refractivity contribution in [1.29, 1.82) is 0 Å². The Kier molecular flexibility index (Phi) is 8.61. The average Bonchev–Trinajstić information content (AvgIpc) is 3.51. The number of methoxy groups -OCH3 is 1. The first-order valence-electron chi connectivity index (χ1n) is 15.3. The van der Waals surface area contributed by atoms with Gasteiger partial charge in [-0.05, 0) is 73.4 Å². The van der Waals surface area contributed by atoms with Gasteiger partial charge in [0, 0.05) is 38.7 Å². The molecule has 0 spiro atoms. The van der Waals surface area contributed by atoms with Crippen LogP contribution in [-0.2, 0) is 25.6 Å². The minimum atomic E-state index is -0.329. The van der Waals surface area contributed by atoms with E-state index >= 15 is 0 Å². The lowest BCUT2D eigenvalue weighted by atomic mass is 9.69. The van der Waals surface area contributed by atoms with E-state index in [4.69, 9.17) is 9.47 Å². The molecule has 7 nitrogen and oxygen atoms in total. The second-order valence-electron chi connectivity index (χ2n) is 12.4. The standard InChI is InChI=1S/C35H42N2O5/c1-23(17-25-9-6-10-28(38)18-25)11-12-31-32-26(21-41-2)19-29-33(30(32)22-42-31)35(40)37(34(29)39)27-13-15-36(16-14-27)20-24-7-4-3-5-8-24/h3-10,17-18,27,29-31,33,38H,11-16,19-22H2,1-2H3/b23-17+/t29-,30+,31-,33-/m1/s1. The van der Waals surface area contributed by atoms with Crippen LogP contribution in [0.2, 0.25) is 0 Å². The van der Waals surface area contributed by atoms with Crippen LogP contribution in [0.15, 0.2) is 71.3 Å². The third-order valence-corrected chi connectivity index (χ3v) is 9.62. The molecule has 6 rings (SSSR count). The van der Waals surface area contributed by atoms with E-state index in [9.17, 15) is 14.7 Å². The molecule has 42 heavy (non-hydrogen) atoms. The molecule has 2 aromatic rings. The molecule has 2 amide bonds. The number of imide groups is 1. The Hall–Kier alpha value is -3.26. The van der Waals surface area contributed by atoms with Crippen molar-refractivity contribution in [3.05, 3.63) is 82.4 Å². The molecule has 2 aromatic carbocycles. The molecule has 3 heterocycles. The Morgan fingerprint density at radius 3 is 2.57 bits per heavy atom. The zero-order valence-electron chi connectivity index (χ0n) is 24.7. The zero-order valence-corrected chi connectivity index (χ0v) is 24.7. The molecule has 0 radical (unpaired) electrons. The van der Waals surface area contributed by atoms with Gasteiger partial charge >= 0.3 is 0 Å². The monoisotopic (exact) mass is 570 g/mol. The van der Waals surface area contributed by atoms with Crippen LogP contribution < -0.4 is 0 Å². The number of rotatable bonds is 9. The summed E-state index contributed by atoms with van der Waals surface area (Å²) in [6.07, 6.45) is 5.89. The summed E-state index contributed by atoms with van der Waals surface area (Å²) in [5, 5.41) is 9.80. The molecule has 0 unspecified atom stereocenters. The summed E-state index contributed by atoms with van der Waals surface area (Å²) in [7, 11) is 1.69. The highest BCUT2D eigenvalue weighted by molar-refractivity contribution is 6.06. The molecule has 7 heteroatoms. The van der Waals surface area contributed by atoms with Gasteiger partial charge in [0.15, 0.2) is 0 Å². The van der Waals surface area contributed by atoms with Gasteiger partial charge < -0.3 is 14.6 Å². The summed E-state index contributed by atoms with van der Waals surface area (Å²) in [6.45, 7) is 5.71. The maximum atomic E-state index is 14.0. The molecule has 0 bridgehead atoms. The highest BCUT2D eigenvalue weighted by atomic mass is 16.5. The smallest absolute Gasteiger partial charge is 0.234 e. The van der Waals surface area contributed by atoms with Gasteiger partial charge in [0.05, 0.1) is 31.2 Å². The van der Waals surface area contributed by atoms with E-state index < -0.39 is 0 Å². The molecule has 1 aliphatic carbocycles. The van der Waals surface area contributed by atoms with E-state index in [0.717, 1.165) is 56.5 Å². The number of nitrogens with zero attached hydrogens (tertiary/aromatic N) is 2. The maximum Gasteiger partial charge on any atom is 0.234 e. The molecular weight excluding hydrogens is 528 g/mol. The van der Waals surface area contributed by atoms with Crippen LogP contribution in [0.1, 0.15) is 50.2 Å². The van der Waals surface area contributed by atoms with Crippen molar-refractivity contribution < 1.29 is 24.2 Å². The minimum absolute atomic E-state index is 0.00695. The molecule has 4 atom stereocenters. The van der Waals surface area contributed by atoms with Crippen LogP contribution in [0.4, 0.5) is 0 Å². The number of phenols is 1. The Balaban J connectivity index is 1.13. The van der Waals surface area contributed by atoms with E-state index in [-0.39, 0.29) is 47.5 Å². The van der Waals surface area contributed by atoms with Crippen molar-refractivity contribution in [2.75, 3.05) is 33.4 Å². The highest BCUT2D eigenvalue weighted by Gasteiger charge is 2.58. The summed E-state index contributed by atoms with van der Waals surface area (Å²) in [5.74, 6) is -0.429. The second-order valence-corrected chi connectivity index (χ2v) is 12.4. The van der Waals surface area contributed by atoms with Crippen molar-refractivity contribution >= 4 is 17.9 Å². The number of piperidine rings is 1.